The molecule has 1 aliphatic rings. The van der Waals surface area contributed by atoms with Crippen molar-refractivity contribution in [3.8, 4) is 11.1 Å². The van der Waals surface area contributed by atoms with Crippen LogP contribution in [0, 0.1) is 0 Å². The number of carbonyl (C=O) groups excluding carboxylic acids is 1. The van der Waals surface area contributed by atoms with Crippen molar-refractivity contribution in [1.29, 1.82) is 0 Å². The summed E-state index contributed by atoms with van der Waals surface area (Å²) in [6.45, 7) is 7.68. The summed E-state index contributed by atoms with van der Waals surface area (Å²) in [7, 11) is 0. The first-order valence-electron chi connectivity index (χ1n) is 9.54. The molecule has 1 fully saturated rings. The van der Waals surface area contributed by atoms with Crippen LogP contribution in [0.1, 0.15) is 48.5 Å². The average molecular weight is 371 g/mol. The van der Waals surface area contributed by atoms with E-state index in [2.05, 4.69) is 31.3 Å². The van der Waals surface area contributed by atoms with E-state index in [1.165, 1.54) is 5.56 Å². The quantitative estimate of drug-likeness (QED) is 0.807. The van der Waals surface area contributed by atoms with Gasteiger partial charge in [0.05, 0.1) is 0 Å². The molecule has 0 bridgehead atoms. The van der Waals surface area contributed by atoms with Crippen LogP contribution in [-0.2, 0) is 0 Å². The van der Waals surface area contributed by atoms with Crippen LogP contribution in [0.3, 0.4) is 0 Å². The van der Waals surface area contributed by atoms with Gasteiger partial charge in [0.1, 0.15) is 0 Å². The van der Waals surface area contributed by atoms with Crippen LogP contribution < -0.4 is 5.32 Å². The maximum atomic E-state index is 12.9. The van der Waals surface area contributed by atoms with E-state index in [4.69, 9.17) is 11.6 Å². The normalized spacial score (nSPS) is 14.7. The summed E-state index contributed by atoms with van der Waals surface area (Å²) < 4.78 is 0. The van der Waals surface area contributed by atoms with Crippen molar-refractivity contribution >= 4 is 17.5 Å². The van der Waals surface area contributed by atoms with Crippen LogP contribution in [0.15, 0.2) is 42.5 Å². The molecule has 4 heteroatoms. The van der Waals surface area contributed by atoms with E-state index in [0.29, 0.717) is 5.92 Å². The van der Waals surface area contributed by atoms with Gasteiger partial charge < -0.3 is 10.2 Å². The van der Waals surface area contributed by atoms with Crippen LogP contribution in [0.4, 0.5) is 0 Å². The number of carbonyl (C=O) groups is 1. The van der Waals surface area contributed by atoms with Crippen LogP contribution in [0.2, 0.25) is 5.02 Å². The molecule has 0 radical (unpaired) electrons. The van der Waals surface area contributed by atoms with Gasteiger partial charge in [-0.1, -0.05) is 43.6 Å². The highest BCUT2D eigenvalue weighted by Crippen LogP contribution is 2.35. The second kappa shape index (κ2) is 8.70. The molecule has 0 unspecified atom stereocenters. The minimum absolute atomic E-state index is 0.111. The summed E-state index contributed by atoms with van der Waals surface area (Å²) in [4.78, 5) is 14.8. The van der Waals surface area contributed by atoms with E-state index in [1.807, 2.05) is 35.2 Å². The first-order chi connectivity index (χ1) is 12.6. The first kappa shape index (κ1) is 18.9. The molecule has 1 heterocycles. The summed E-state index contributed by atoms with van der Waals surface area (Å²) >= 11 is 6.30. The molecule has 3 rings (SSSR count). The Morgan fingerprint density at radius 2 is 1.85 bits per heavy atom. The maximum absolute atomic E-state index is 12.9. The number of piperazine rings is 1. The molecule has 0 saturated carbocycles. The molecule has 2 aromatic rings. The van der Waals surface area contributed by atoms with Gasteiger partial charge in [0.2, 0.25) is 0 Å². The zero-order valence-corrected chi connectivity index (χ0v) is 16.4. The van der Waals surface area contributed by atoms with E-state index >= 15 is 0 Å². The van der Waals surface area contributed by atoms with Crippen molar-refractivity contribution in [2.24, 2.45) is 0 Å². The Balaban J connectivity index is 1.97. The van der Waals surface area contributed by atoms with Gasteiger partial charge in [0, 0.05) is 36.8 Å². The third-order valence-corrected chi connectivity index (χ3v) is 5.50. The standard InChI is InChI=1S/C22H27ClN2O/c1-3-16(4-2)20-9-8-19(23)15-21(20)17-6-5-7-18(14-17)22(26)25-12-10-24-11-13-25/h5-9,14-16,24H,3-4,10-13H2,1-2H3. The average Bonchev–Trinajstić information content (AvgIpc) is 2.70. The Hall–Kier alpha value is -1.84. The zero-order valence-electron chi connectivity index (χ0n) is 15.6. The lowest BCUT2D eigenvalue weighted by Crippen LogP contribution is -2.46. The van der Waals surface area contributed by atoms with Crippen molar-refractivity contribution in [3.63, 3.8) is 0 Å². The number of nitrogens with zero attached hydrogens (tertiary/aromatic N) is 1. The molecule has 0 spiro atoms. The lowest BCUT2D eigenvalue weighted by molar-refractivity contribution is 0.0736. The van der Waals surface area contributed by atoms with Gasteiger partial charge in [0.15, 0.2) is 0 Å². The molecule has 3 nitrogen and oxygen atoms in total. The SMILES string of the molecule is CCC(CC)c1ccc(Cl)cc1-c1cccc(C(=O)N2CCNCC2)c1. The predicted octanol–water partition coefficient (Wildman–Crippen LogP) is 4.96. The van der Waals surface area contributed by atoms with Crippen molar-refractivity contribution in [2.45, 2.75) is 32.6 Å². The number of amides is 1. The topological polar surface area (TPSA) is 32.3 Å². The first-order valence-corrected chi connectivity index (χ1v) is 9.91. The molecule has 1 aliphatic heterocycles. The molecule has 1 amide bonds. The van der Waals surface area contributed by atoms with E-state index in [9.17, 15) is 4.79 Å². The number of benzene rings is 2. The number of hydrogen-bond donors (Lipinski definition) is 1. The number of rotatable bonds is 5. The lowest BCUT2D eigenvalue weighted by Gasteiger charge is -2.27. The zero-order chi connectivity index (χ0) is 18.5. The van der Waals surface area contributed by atoms with Crippen molar-refractivity contribution in [1.82, 2.24) is 10.2 Å². The molecule has 26 heavy (non-hydrogen) atoms. The lowest BCUT2D eigenvalue weighted by atomic mass is 9.87. The van der Waals surface area contributed by atoms with Gasteiger partial charge in [0.25, 0.3) is 5.91 Å². The van der Waals surface area contributed by atoms with Crippen molar-refractivity contribution < 1.29 is 4.79 Å². The second-order valence-corrected chi connectivity index (χ2v) is 7.30. The number of halogens is 1. The minimum atomic E-state index is 0.111. The van der Waals surface area contributed by atoms with E-state index < -0.39 is 0 Å². The van der Waals surface area contributed by atoms with Crippen LogP contribution >= 0.6 is 11.6 Å². The fourth-order valence-corrected chi connectivity index (χ4v) is 3.91. The summed E-state index contributed by atoms with van der Waals surface area (Å²) in [5.74, 6) is 0.606. The molecular weight excluding hydrogens is 344 g/mol. The molecule has 0 atom stereocenters. The summed E-state index contributed by atoms with van der Waals surface area (Å²) in [5.41, 5.74) is 4.27. The van der Waals surface area contributed by atoms with Crippen LogP contribution in [-0.4, -0.2) is 37.0 Å². The monoisotopic (exact) mass is 370 g/mol. The fraction of sp³-hybridized carbons (Fsp3) is 0.409. The van der Waals surface area contributed by atoms with Crippen LogP contribution in [0.5, 0.6) is 0 Å². The van der Waals surface area contributed by atoms with Crippen LogP contribution in [0.25, 0.3) is 11.1 Å². The second-order valence-electron chi connectivity index (χ2n) is 6.87. The summed E-state index contributed by atoms with van der Waals surface area (Å²) in [5, 5.41) is 4.02. The highest BCUT2D eigenvalue weighted by atomic mass is 35.5. The molecule has 1 N–H and O–H groups in total. The van der Waals surface area contributed by atoms with E-state index in [0.717, 1.165) is 60.7 Å². The van der Waals surface area contributed by atoms with Gasteiger partial charge in [-0.05, 0) is 59.7 Å². The van der Waals surface area contributed by atoms with Crippen molar-refractivity contribution in [3.05, 3.63) is 58.6 Å². The molecule has 138 valence electrons. The Kier molecular flexibility index (Phi) is 6.33. The third-order valence-electron chi connectivity index (χ3n) is 5.27. The molecular formula is C22H27ClN2O. The third kappa shape index (κ3) is 4.11. The van der Waals surface area contributed by atoms with Gasteiger partial charge in [-0.15, -0.1) is 0 Å². The molecule has 0 aliphatic carbocycles. The largest absolute Gasteiger partial charge is 0.336 e. The number of nitrogens with one attached hydrogen (secondary N) is 1. The Morgan fingerprint density at radius 1 is 1.12 bits per heavy atom. The highest BCUT2D eigenvalue weighted by molar-refractivity contribution is 6.30. The van der Waals surface area contributed by atoms with Gasteiger partial charge in [-0.2, -0.15) is 0 Å². The number of hydrogen-bond acceptors (Lipinski definition) is 2. The Bertz CT molecular complexity index is 764. The smallest absolute Gasteiger partial charge is 0.253 e. The van der Waals surface area contributed by atoms with E-state index in [1.54, 1.807) is 0 Å². The maximum Gasteiger partial charge on any atom is 0.253 e. The van der Waals surface area contributed by atoms with Gasteiger partial charge in [-0.3, -0.25) is 4.79 Å². The minimum Gasteiger partial charge on any atom is -0.336 e. The fourth-order valence-electron chi connectivity index (χ4n) is 3.73. The molecule has 1 saturated heterocycles. The molecule has 2 aromatic carbocycles. The molecule has 0 aromatic heterocycles. The summed E-state index contributed by atoms with van der Waals surface area (Å²) in [6.07, 6.45) is 2.18. The Labute approximate surface area is 161 Å². The Morgan fingerprint density at radius 3 is 2.54 bits per heavy atom. The predicted molar refractivity (Wildman–Crippen MR) is 109 cm³/mol. The van der Waals surface area contributed by atoms with Gasteiger partial charge in [-0.25, -0.2) is 0 Å². The van der Waals surface area contributed by atoms with Gasteiger partial charge >= 0.3 is 0 Å². The summed E-state index contributed by atoms with van der Waals surface area (Å²) in [6, 6.07) is 14.1. The van der Waals surface area contributed by atoms with Crippen molar-refractivity contribution in [2.75, 3.05) is 26.2 Å². The highest BCUT2D eigenvalue weighted by Gasteiger charge is 2.19. The van der Waals surface area contributed by atoms with E-state index in [-0.39, 0.29) is 5.91 Å².